The first-order valence-electron chi connectivity index (χ1n) is 10.2. The van der Waals surface area contributed by atoms with Crippen molar-refractivity contribution in [2.75, 3.05) is 0 Å². The molecule has 0 atom stereocenters. The minimum absolute atomic E-state index is 0.0586. The lowest BCUT2D eigenvalue weighted by molar-refractivity contribution is -0.505. The predicted molar refractivity (Wildman–Crippen MR) is 132 cm³/mol. The molecule has 168 valence electrons. The number of nitro benzene ring substituents is 1. The van der Waals surface area contributed by atoms with Crippen LogP contribution in [-0.2, 0) is 0 Å². The van der Waals surface area contributed by atoms with Crippen LogP contribution < -0.4 is 9.46 Å². The summed E-state index contributed by atoms with van der Waals surface area (Å²) in [6.45, 7) is 0. The van der Waals surface area contributed by atoms with Crippen LogP contribution >= 0.6 is 15.9 Å². The number of nitro groups is 1. The molecule has 0 fully saturated rings. The molecule has 0 unspecified atom stereocenters. The molecule has 0 aliphatic carbocycles. The van der Waals surface area contributed by atoms with E-state index in [4.69, 9.17) is 0 Å². The molecule has 0 saturated carbocycles. The van der Waals surface area contributed by atoms with Crippen LogP contribution in [0.5, 0.6) is 0 Å². The van der Waals surface area contributed by atoms with Crippen LogP contribution in [0.1, 0.15) is 15.9 Å². The van der Waals surface area contributed by atoms with Crippen molar-refractivity contribution in [3.63, 3.8) is 0 Å². The van der Waals surface area contributed by atoms with Gasteiger partial charge in [-0.3, -0.25) is 14.9 Å². The third kappa shape index (κ3) is 5.54. The van der Waals surface area contributed by atoms with E-state index in [2.05, 4.69) is 15.9 Å². The number of benzene rings is 2. The van der Waals surface area contributed by atoms with Gasteiger partial charge in [0.15, 0.2) is 12.4 Å². The Balaban J connectivity index is 1.48. The monoisotopic (exact) mass is 516 g/mol. The highest BCUT2D eigenvalue weighted by Crippen LogP contribution is 2.18. The Bertz CT molecular complexity index is 1420. The fourth-order valence-corrected chi connectivity index (χ4v) is 3.49. The molecule has 0 radical (unpaired) electrons. The molecule has 0 spiro atoms. The molecule has 8 heteroatoms. The van der Waals surface area contributed by atoms with Gasteiger partial charge >= 0.3 is 0 Å². The summed E-state index contributed by atoms with van der Waals surface area (Å²) in [6, 6.07) is 16.7. The summed E-state index contributed by atoms with van der Waals surface area (Å²) in [7, 11) is 0. The number of rotatable bonds is 5. The first kappa shape index (κ1) is 22.9. The SMILES string of the molecule is O=C(C=[n+]1ccc(=C2C=CN(/C=C(/O)c3ccc(Br)cc3)C=C2)cc1)c1ccc([N+](=O)[O-])cc1. The quantitative estimate of drug-likeness (QED) is 0.176. The molecular formula is C26H19BrN3O4+. The maximum Gasteiger partial charge on any atom is 0.269 e. The van der Waals surface area contributed by atoms with Gasteiger partial charge in [-0.2, -0.15) is 4.24 Å². The zero-order valence-corrected chi connectivity index (χ0v) is 19.4. The fraction of sp³-hybridized carbons (Fsp3) is 0. The molecule has 1 aromatic heterocycles. The number of carbonyl (C=O) groups excluding carboxylic acids is 1. The number of halogens is 1. The summed E-state index contributed by atoms with van der Waals surface area (Å²) < 4.78 is 2.58. The molecule has 0 saturated heterocycles. The van der Waals surface area contributed by atoms with Crippen molar-refractivity contribution in [3.8, 4) is 0 Å². The van der Waals surface area contributed by atoms with E-state index in [1.807, 2.05) is 61.0 Å². The minimum Gasteiger partial charge on any atom is -0.506 e. The zero-order valence-electron chi connectivity index (χ0n) is 17.8. The molecule has 7 nitrogen and oxygen atoms in total. The van der Waals surface area contributed by atoms with Crippen LogP contribution in [0.3, 0.4) is 0 Å². The summed E-state index contributed by atoms with van der Waals surface area (Å²) in [6.07, 6.45) is 14.1. The first-order chi connectivity index (χ1) is 16.4. The average Bonchev–Trinajstić information content (AvgIpc) is 2.85. The van der Waals surface area contributed by atoms with Crippen LogP contribution in [0.25, 0.3) is 11.3 Å². The van der Waals surface area contributed by atoms with Crippen LogP contribution in [0.4, 0.5) is 5.69 Å². The van der Waals surface area contributed by atoms with Crippen molar-refractivity contribution in [1.82, 2.24) is 4.90 Å². The van der Waals surface area contributed by atoms with Crippen LogP contribution in [-0.4, -0.2) is 20.7 Å². The van der Waals surface area contributed by atoms with Crippen LogP contribution in [0, 0.1) is 16.3 Å². The van der Waals surface area contributed by atoms with Gasteiger partial charge in [0.25, 0.3) is 5.69 Å². The average molecular weight is 517 g/mol. The predicted octanol–water partition coefficient (Wildman–Crippen LogP) is 4.59. The Hall–Kier alpha value is -4.30. The lowest BCUT2D eigenvalue weighted by Gasteiger charge is -2.15. The van der Waals surface area contributed by atoms with E-state index in [9.17, 15) is 20.0 Å². The topological polar surface area (TPSA) is 89.6 Å². The van der Waals surface area contributed by atoms with Crippen LogP contribution in [0.15, 0.2) is 108 Å². The van der Waals surface area contributed by atoms with Crippen molar-refractivity contribution in [2.24, 2.45) is 0 Å². The largest absolute Gasteiger partial charge is 0.506 e. The number of Topliss-reactive ketones (excluding diaryl/α,β-unsaturated/α-hetero) is 1. The summed E-state index contributed by atoms with van der Waals surface area (Å²) >= 11 is 3.38. The standard InChI is InChI=1S/C26H18BrN3O4/c27-23-5-1-21(2-6-23)25(31)17-28-13-9-19(10-14-28)20-11-15-29(16-12-20)18-26(32)22-3-7-24(8-4-22)30(33)34/h1-18H/p+1/b25-17+. The molecule has 2 heterocycles. The van der Waals surface area contributed by atoms with E-state index in [0.717, 1.165) is 15.3 Å². The molecule has 1 aliphatic heterocycles. The van der Waals surface area contributed by atoms with Gasteiger partial charge in [-0.1, -0.05) is 28.1 Å². The third-order valence-electron chi connectivity index (χ3n) is 5.08. The van der Waals surface area contributed by atoms with E-state index in [1.54, 1.807) is 27.7 Å². The summed E-state index contributed by atoms with van der Waals surface area (Å²) in [5.74, 6) is -0.106. The molecule has 1 aliphatic rings. The molecule has 0 bridgehead atoms. The van der Waals surface area contributed by atoms with Crippen molar-refractivity contribution in [3.05, 3.63) is 141 Å². The Labute approximate surface area is 203 Å². The normalized spacial score (nSPS) is 13.1. The van der Waals surface area contributed by atoms with Gasteiger partial charge in [0, 0.05) is 52.3 Å². The highest BCUT2D eigenvalue weighted by atomic mass is 79.9. The van der Waals surface area contributed by atoms with Crippen molar-refractivity contribution in [2.45, 2.75) is 0 Å². The number of non-ortho nitro benzene ring substituents is 1. The number of hydrogen-bond acceptors (Lipinski definition) is 5. The Morgan fingerprint density at radius 2 is 1.53 bits per heavy atom. The van der Waals surface area contributed by atoms with Gasteiger partial charge < -0.3 is 10.0 Å². The molecule has 3 aromatic rings. The van der Waals surface area contributed by atoms with E-state index in [1.165, 1.54) is 30.5 Å². The number of aliphatic hydroxyl groups excluding tert-OH is 1. The van der Waals surface area contributed by atoms with Crippen molar-refractivity contribution < 1.29 is 19.1 Å². The summed E-state index contributed by atoms with van der Waals surface area (Å²) in [4.78, 5) is 24.4. The number of ketones is 1. The number of aliphatic hydroxyl groups is 1. The van der Waals surface area contributed by atoms with Gasteiger partial charge in [-0.15, -0.1) is 0 Å². The smallest absolute Gasteiger partial charge is 0.269 e. The Kier molecular flexibility index (Phi) is 6.79. The van der Waals surface area contributed by atoms with E-state index < -0.39 is 4.92 Å². The Morgan fingerprint density at radius 1 is 0.941 bits per heavy atom. The fourth-order valence-electron chi connectivity index (χ4n) is 3.23. The van der Waals surface area contributed by atoms with E-state index >= 15 is 0 Å². The molecule has 1 N–H and O–H groups in total. The minimum atomic E-state index is -0.502. The number of carbonyl (C=O) groups is 1. The van der Waals surface area contributed by atoms with Gasteiger partial charge in [-0.25, -0.2) is 0 Å². The first-order valence-corrected chi connectivity index (χ1v) is 11.0. The van der Waals surface area contributed by atoms with Crippen molar-refractivity contribution >= 4 is 38.7 Å². The number of allylic oxidation sites excluding steroid dienone is 2. The lowest BCUT2D eigenvalue weighted by atomic mass is 10.1. The van der Waals surface area contributed by atoms with E-state index in [-0.39, 0.29) is 17.2 Å². The number of hydrogen-bond donors (Lipinski definition) is 1. The van der Waals surface area contributed by atoms with E-state index in [0.29, 0.717) is 11.1 Å². The second kappa shape index (κ2) is 10.1. The maximum atomic E-state index is 12.4. The molecule has 34 heavy (non-hydrogen) atoms. The molecule has 0 amide bonds. The number of pyridine rings is 1. The van der Waals surface area contributed by atoms with Crippen LogP contribution in [0.2, 0.25) is 0 Å². The molecular weight excluding hydrogens is 498 g/mol. The second-order valence-electron chi connectivity index (χ2n) is 7.39. The zero-order chi connectivity index (χ0) is 24.1. The highest BCUT2D eigenvalue weighted by Gasteiger charge is 2.10. The Morgan fingerprint density at radius 3 is 2.12 bits per heavy atom. The van der Waals surface area contributed by atoms with Gasteiger partial charge in [0.1, 0.15) is 5.76 Å². The second-order valence-corrected chi connectivity index (χ2v) is 8.30. The maximum absolute atomic E-state index is 12.4. The molecule has 2 aromatic carbocycles. The molecule has 4 rings (SSSR count). The lowest BCUT2D eigenvalue weighted by Crippen LogP contribution is -2.22. The summed E-state index contributed by atoms with van der Waals surface area (Å²) in [5, 5.41) is 22.0. The summed E-state index contributed by atoms with van der Waals surface area (Å²) in [5.41, 5.74) is 2.00. The third-order valence-corrected chi connectivity index (χ3v) is 5.61. The van der Waals surface area contributed by atoms with Gasteiger partial charge in [0.05, 0.1) is 11.1 Å². The number of aromatic nitrogens is 1. The number of nitrogens with zero attached hydrogens (tertiary/aromatic N) is 3. The highest BCUT2D eigenvalue weighted by molar-refractivity contribution is 9.10. The van der Waals surface area contributed by atoms with Crippen molar-refractivity contribution in [1.29, 1.82) is 0 Å². The van der Waals surface area contributed by atoms with Gasteiger partial charge in [-0.05, 0) is 47.2 Å². The van der Waals surface area contributed by atoms with Gasteiger partial charge in [0.2, 0.25) is 12.0 Å².